The minimum Gasteiger partial charge on any atom is -0.338 e. The number of rotatable bonds is 3. The summed E-state index contributed by atoms with van der Waals surface area (Å²) in [6, 6.07) is 8.69. The van der Waals surface area contributed by atoms with Crippen molar-refractivity contribution in [1.29, 1.82) is 0 Å². The Morgan fingerprint density at radius 2 is 2.17 bits per heavy atom. The van der Waals surface area contributed by atoms with Crippen molar-refractivity contribution in [2.45, 2.75) is 32.2 Å². The SMILES string of the molecule is Cc1ccc(Cc2noc([C@@H]3CCCN3)n2)cc1. The molecule has 1 aromatic heterocycles. The van der Waals surface area contributed by atoms with E-state index in [-0.39, 0.29) is 6.04 Å². The van der Waals surface area contributed by atoms with E-state index in [0.29, 0.717) is 0 Å². The molecule has 0 aliphatic carbocycles. The molecule has 94 valence electrons. The van der Waals surface area contributed by atoms with Crippen LogP contribution in [0.25, 0.3) is 0 Å². The van der Waals surface area contributed by atoms with Gasteiger partial charge < -0.3 is 9.84 Å². The third-order valence-corrected chi connectivity index (χ3v) is 3.33. The van der Waals surface area contributed by atoms with Crippen LogP contribution >= 0.6 is 0 Å². The van der Waals surface area contributed by atoms with Gasteiger partial charge in [-0.1, -0.05) is 35.0 Å². The molecule has 1 aliphatic heterocycles. The molecule has 3 rings (SSSR count). The van der Waals surface area contributed by atoms with E-state index in [4.69, 9.17) is 4.52 Å². The maximum absolute atomic E-state index is 5.32. The first-order valence-electron chi connectivity index (χ1n) is 6.43. The molecule has 0 radical (unpaired) electrons. The number of nitrogens with one attached hydrogen (secondary N) is 1. The number of nitrogens with zero attached hydrogens (tertiary/aromatic N) is 2. The van der Waals surface area contributed by atoms with Gasteiger partial charge in [-0.25, -0.2) is 0 Å². The summed E-state index contributed by atoms with van der Waals surface area (Å²) in [5.74, 6) is 1.50. The van der Waals surface area contributed by atoms with Gasteiger partial charge >= 0.3 is 0 Å². The molecule has 0 amide bonds. The van der Waals surface area contributed by atoms with Crippen LogP contribution < -0.4 is 5.32 Å². The Labute approximate surface area is 106 Å². The normalized spacial score (nSPS) is 19.3. The highest BCUT2D eigenvalue weighted by Crippen LogP contribution is 2.21. The van der Waals surface area contributed by atoms with Gasteiger partial charge in [0.2, 0.25) is 5.89 Å². The molecule has 1 aliphatic rings. The molecule has 1 fully saturated rings. The second kappa shape index (κ2) is 4.90. The molecule has 18 heavy (non-hydrogen) atoms. The lowest BCUT2D eigenvalue weighted by atomic mass is 10.1. The van der Waals surface area contributed by atoms with Crippen LogP contribution in [0.4, 0.5) is 0 Å². The zero-order chi connectivity index (χ0) is 12.4. The van der Waals surface area contributed by atoms with Crippen molar-refractivity contribution in [3.8, 4) is 0 Å². The third-order valence-electron chi connectivity index (χ3n) is 3.33. The molecule has 4 nitrogen and oxygen atoms in total. The van der Waals surface area contributed by atoms with E-state index in [1.807, 2.05) is 0 Å². The molecule has 1 aromatic carbocycles. The molecule has 2 aromatic rings. The highest BCUT2D eigenvalue weighted by molar-refractivity contribution is 5.23. The highest BCUT2D eigenvalue weighted by atomic mass is 16.5. The fourth-order valence-corrected chi connectivity index (χ4v) is 2.26. The second-order valence-electron chi connectivity index (χ2n) is 4.86. The molecule has 0 unspecified atom stereocenters. The summed E-state index contributed by atoms with van der Waals surface area (Å²) in [6.07, 6.45) is 3.00. The van der Waals surface area contributed by atoms with Gasteiger partial charge in [0, 0.05) is 6.42 Å². The summed E-state index contributed by atoms with van der Waals surface area (Å²) in [6.45, 7) is 3.13. The number of aromatic nitrogens is 2. The molecule has 2 heterocycles. The zero-order valence-electron chi connectivity index (χ0n) is 10.5. The Bertz CT molecular complexity index is 512. The van der Waals surface area contributed by atoms with Crippen LogP contribution in [0.1, 0.15) is 41.7 Å². The standard InChI is InChI=1S/C14H17N3O/c1-10-4-6-11(7-5-10)9-13-16-14(18-17-13)12-3-2-8-15-12/h4-7,12,15H,2-3,8-9H2,1H3/t12-/m0/s1. The van der Waals surface area contributed by atoms with Crippen molar-refractivity contribution in [2.24, 2.45) is 0 Å². The van der Waals surface area contributed by atoms with Crippen molar-refractivity contribution in [3.63, 3.8) is 0 Å². The fourth-order valence-electron chi connectivity index (χ4n) is 2.26. The average Bonchev–Trinajstić information content (AvgIpc) is 3.02. The Morgan fingerprint density at radius 1 is 1.33 bits per heavy atom. The van der Waals surface area contributed by atoms with Crippen LogP contribution in [-0.2, 0) is 6.42 Å². The number of hydrogen-bond donors (Lipinski definition) is 1. The Morgan fingerprint density at radius 3 is 2.89 bits per heavy atom. The van der Waals surface area contributed by atoms with Gasteiger partial charge in [-0.2, -0.15) is 4.98 Å². The molecular weight excluding hydrogens is 226 g/mol. The molecule has 4 heteroatoms. The van der Waals surface area contributed by atoms with E-state index < -0.39 is 0 Å². The summed E-state index contributed by atoms with van der Waals surface area (Å²) in [7, 11) is 0. The topological polar surface area (TPSA) is 51.0 Å². The van der Waals surface area contributed by atoms with Crippen LogP contribution in [0.5, 0.6) is 0 Å². The quantitative estimate of drug-likeness (QED) is 0.899. The first-order valence-corrected chi connectivity index (χ1v) is 6.43. The number of aryl methyl sites for hydroxylation is 1. The molecule has 0 bridgehead atoms. The predicted octanol–water partition coefficient (Wildman–Crippen LogP) is 2.39. The van der Waals surface area contributed by atoms with Crippen molar-refractivity contribution < 1.29 is 4.52 Å². The van der Waals surface area contributed by atoms with E-state index in [2.05, 4.69) is 46.6 Å². The highest BCUT2D eigenvalue weighted by Gasteiger charge is 2.22. The fraction of sp³-hybridized carbons (Fsp3) is 0.429. The maximum Gasteiger partial charge on any atom is 0.243 e. The van der Waals surface area contributed by atoms with Crippen molar-refractivity contribution in [2.75, 3.05) is 6.54 Å². The van der Waals surface area contributed by atoms with Gasteiger partial charge in [0.1, 0.15) is 0 Å². The second-order valence-corrected chi connectivity index (χ2v) is 4.86. The third kappa shape index (κ3) is 2.43. The number of hydrogen-bond acceptors (Lipinski definition) is 4. The van der Waals surface area contributed by atoms with Gasteiger partial charge in [0.15, 0.2) is 5.82 Å². The zero-order valence-corrected chi connectivity index (χ0v) is 10.5. The smallest absolute Gasteiger partial charge is 0.243 e. The first kappa shape index (κ1) is 11.4. The van der Waals surface area contributed by atoms with Crippen molar-refractivity contribution in [1.82, 2.24) is 15.5 Å². The van der Waals surface area contributed by atoms with E-state index in [1.54, 1.807) is 0 Å². The summed E-state index contributed by atoms with van der Waals surface area (Å²) in [5, 5.41) is 7.41. The van der Waals surface area contributed by atoms with E-state index in [0.717, 1.165) is 31.1 Å². The monoisotopic (exact) mass is 243 g/mol. The van der Waals surface area contributed by atoms with Gasteiger partial charge in [0.05, 0.1) is 6.04 Å². The molecular formula is C14H17N3O. The first-order chi connectivity index (χ1) is 8.81. The van der Waals surface area contributed by atoms with Crippen LogP contribution in [-0.4, -0.2) is 16.7 Å². The minimum absolute atomic E-state index is 0.254. The maximum atomic E-state index is 5.32. The van der Waals surface area contributed by atoms with Crippen LogP contribution in [0.2, 0.25) is 0 Å². The minimum atomic E-state index is 0.254. The summed E-state index contributed by atoms with van der Waals surface area (Å²) >= 11 is 0. The van der Waals surface area contributed by atoms with Crippen LogP contribution in [0.3, 0.4) is 0 Å². The van der Waals surface area contributed by atoms with Crippen LogP contribution in [0, 0.1) is 6.92 Å². The lowest BCUT2D eigenvalue weighted by Crippen LogP contribution is -2.13. The summed E-state index contributed by atoms with van der Waals surface area (Å²) in [4.78, 5) is 4.47. The van der Waals surface area contributed by atoms with Crippen LogP contribution in [0.15, 0.2) is 28.8 Å². The molecule has 1 atom stereocenters. The Kier molecular flexibility index (Phi) is 3.11. The summed E-state index contributed by atoms with van der Waals surface area (Å²) < 4.78 is 5.32. The lowest BCUT2D eigenvalue weighted by Gasteiger charge is -2.01. The molecule has 1 N–H and O–H groups in total. The molecule has 0 spiro atoms. The molecule has 0 saturated carbocycles. The van der Waals surface area contributed by atoms with E-state index in [1.165, 1.54) is 17.5 Å². The van der Waals surface area contributed by atoms with Gasteiger partial charge in [-0.05, 0) is 31.9 Å². The average molecular weight is 243 g/mol. The van der Waals surface area contributed by atoms with E-state index >= 15 is 0 Å². The predicted molar refractivity (Wildman–Crippen MR) is 68.3 cm³/mol. The largest absolute Gasteiger partial charge is 0.338 e. The van der Waals surface area contributed by atoms with Gasteiger partial charge in [0.25, 0.3) is 0 Å². The lowest BCUT2D eigenvalue weighted by molar-refractivity contribution is 0.341. The van der Waals surface area contributed by atoms with Crippen molar-refractivity contribution in [3.05, 3.63) is 47.1 Å². The Balaban J connectivity index is 1.71. The number of benzene rings is 1. The Hall–Kier alpha value is -1.68. The summed E-state index contributed by atoms with van der Waals surface area (Å²) in [5.41, 5.74) is 2.48. The van der Waals surface area contributed by atoms with E-state index in [9.17, 15) is 0 Å². The van der Waals surface area contributed by atoms with Gasteiger partial charge in [-0.3, -0.25) is 0 Å². The molecule has 1 saturated heterocycles. The van der Waals surface area contributed by atoms with Crippen molar-refractivity contribution >= 4 is 0 Å². The van der Waals surface area contributed by atoms with Gasteiger partial charge in [-0.15, -0.1) is 0 Å².